The van der Waals surface area contributed by atoms with E-state index in [-0.39, 0.29) is 25.0 Å². The molecule has 0 aromatic heterocycles. The molecule has 8 N–H and O–H groups in total. The number of benzene rings is 2. The van der Waals surface area contributed by atoms with Crippen molar-refractivity contribution in [1.29, 1.82) is 0 Å². The maximum Gasteiger partial charge on any atom is 0.326 e. The molecule has 0 saturated heterocycles. The van der Waals surface area contributed by atoms with Crippen LogP contribution < -0.4 is 27.0 Å². The number of carboxylic acid groups (broad SMARTS) is 1. The number of aliphatic carboxylic acids is 1. The first-order valence-electron chi connectivity index (χ1n) is 13.0. The lowest BCUT2D eigenvalue weighted by Gasteiger charge is -2.22. The van der Waals surface area contributed by atoms with Gasteiger partial charge in [0.25, 0.3) is 0 Å². The number of phenolic OH excluding ortho intramolecular Hbond substituents is 1. The van der Waals surface area contributed by atoms with Crippen LogP contribution in [0.15, 0.2) is 54.6 Å². The Hall–Kier alpha value is -4.10. The van der Waals surface area contributed by atoms with Crippen LogP contribution in [-0.4, -0.2) is 82.5 Å². The monoisotopic (exact) mass is 587 g/mol. The van der Waals surface area contributed by atoms with Gasteiger partial charge in [-0.25, -0.2) is 4.79 Å². The normalized spacial score (nSPS) is 13.6. The molecule has 41 heavy (non-hydrogen) atoms. The molecule has 0 saturated carbocycles. The second kappa shape index (κ2) is 16.9. The summed E-state index contributed by atoms with van der Waals surface area (Å²) in [5, 5.41) is 28.8. The van der Waals surface area contributed by atoms with Gasteiger partial charge in [0, 0.05) is 6.42 Å². The van der Waals surface area contributed by atoms with E-state index in [0.717, 1.165) is 11.1 Å². The summed E-state index contributed by atoms with van der Waals surface area (Å²) in [6, 6.07) is 11.0. The fourth-order valence-electron chi connectivity index (χ4n) is 3.75. The van der Waals surface area contributed by atoms with Gasteiger partial charge in [0.1, 0.15) is 23.9 Å². The van der Waals surface area contributed by atoms with E-state index < -0.39 is 60.3 Å². The smallest absolute Gasteiger partial charge is 0.326 e. The van der Waals surface area contributed by atoms with Crippen molar-refractivity contribution in [3.05, 3.63) is 65.7 Å². The highest BCUT2D eigenvalue weighted by Gasteiger charge is 2.27. The van der Waals surface area contributed by atoms with E-state index >= 15 is 0 Å². The molecule has 13 heteroatoms. The van der Waals surface area contributed by atoms with Crippen molar-refractivity contribution in [2.45, 2.75) is 50.4 Å². The van der Waals surface area contributed by atoms with Crippen molar-refractivity contribution in [2.24, 2.45) is 5.73 Å². The molecule has 0 aliphatic heterocycles. The number of carbonyl (C=O) groups excluding carboxylic acids is 4. The van der Waals surface area contributed by atoms with Gasteiger partial charge in [-0.2, -0.15) is 11.8 Å². The van der Waals surface area contributed by atoms with Crippen molar-refractivity contribution in [1.82, 2.24) is 21.3 Å². The minimum atomic E-state index is -1.18. The Morgan fingerprint density at radius 2 is 1.46 bits per heavy atom. The SMILES string of the molecule is CSCC[C@@H](NC(=O)C(Cc1ccccc1)NC(=O)CNC(=O)[C@@H](C)NC(=O)C(N)Cc1ccc(O)cc1)C(=O)O. The van der Waals surface area contributed by atoms with Gasteiger partial charge in [0.15, 0.2) is 0 Å². The van der Waals surface area contributed by atoms with Crippen LogP contribution in [0.1, 0.15) is 24.5 Å². The van der Waals surface area contributed by atoms with Crippen molar-refractivity contribution in [3.8, 4) is 5.75 Å². The van der Waals surface area contributed by atoms with Crippen LogP contribution in [0, 0.1) is 0 Å². The Morgan fingerprint density at radius 3 is 2.07 bits per heavy atom. The van der Waals surface area contributed by atoms with Crippen LogP contribution in [0.2, 0.25) is 0 Å². The number of hydrogen-bond donors (Lipinski definition) is 7. The fraction of sp³-hybridized carbons (Fsp3) is 0.393. The second-order valence-corrected chi connectivity index (χ2v) is 10.4. The maximum absolute atomic E-state index is 13.0. The molecule has 2 aromatic rings. The number of carbonyl (C=O) groups is 5. The Bertz CT molecular complexity index is 1180. The van der Waals surface area contributed by atoms with Gasteiger partial charge < -0.3 is 37.2 Å². The summed E-state index contributed by atoms with van der Waals surface area (Å²) in [6.07, 6.45) is 2.33. The first-order valence-corrected chi connectivity index (χ1v) is 14.4. The predicted octanol–water partition coefficient (Wildman–Crippen LogP) is -0.0671. The Labute approximate surface area is 242 Å². The van der Waals surface area contributed by atoms with E-state index in [2.05, 4.69) is 21.3 Å². The number of carboxylic acids is 1. The van der Waals surface area contributed by atoms with E-state index in [1.165, 1.54) is 30.8 Å². The number of aromatic hydroxyl groups is 1. The number of amides is 4. The lowest BCUT2D eigenvalue weighted by atomic mass is 10.0. The van der Waals surface area contributed by atoms with Crippen LogP contribution in [0.3, 0.4) is 0 Å². The van der Waals surface area contributed by atoms with E-state index in [1.54, 1.807) is 42.5 Å². The molecule has 2 aromatic carbocycles. The summed E-state index contributed by atoms with van der Waals surface area (Å²) >= 11 is 1.45. The fourth-order valence-corrected chi connectivity index (χ4v) is 4.23. The summed E-state index contributed by atoms with van der Waals surface area (Å²) in [5.41, 5.74) is 7.41. The molecule has 0 heterocycles. The summed E-state index contributed by atoms with van der Waals surface area (Å²) in [4.78, 5) is 62.2. The molecule has 0 fully saturated rings. The molecule has 2 unspecified atom stereocenters. The highest BCUT2D eigenvalue weighted by atomic mass is 32.2. The van der Waals surface area contributed by atoms with Crippen LogP contribution in [0.5, 0.6) is 5.75 Å². The predicted molar refractivity (Wildman–Crippen MR) is 155 cm³/mol. The average Bonchev–Trinajstić information content (AvgIpc) is 2.94. The Morgan fingerprint density at radius 1 is 0.829 bits per heavy atom. The number of thioether (sulfide) groups is 1. The lowest BCUT2D eigenvalue weighted by Crippen LogP contribution is -2.55. The van der Waals surface area contributed by atoms with Crippen LogP contribution in [0.25, 0.3) is 0 Å². The number of nitrogens with one attached hydrogen (secondary N) is 4. The first-order chi connectivity index (χ1) is 19.5. The van der Waals surface area contributed by atoms with E-state index in [1.807, 2.05) is 6.26 Å². The average molecular weight is 588 g/mol. The van der Waals surface area contributed by atoms with Crippen molar-refractivity contribution >= 4 is 41.4 Å². The molecule has 0 spiro atoms. The molecule has 0 aliphatic rings. The Kier molecular flexibility index (Phi) is 13.6. The third kappa shape index (κ3) is 11.9. The van der Waals surface area contributed by atoms with Gasteiger partial charge in [-0.15, -0.1) is 0 Å². The summed E-state index contributed by atoms with van der Waals surface area (Å²) in [5.74, 6) is -3.11. The number of phenols is 1. The number of hydrogen-bond acceptors (Lipinski definition) is 8. The first kappa shape index (κ1) is 33.1. The third-order valence-electron chi connectivity index (χ3n) is 6.06. The summed E-state index contributed by atoms with van der Waals surface area (Å²) < 4.78 is 0. The third-order valence-corrected chi connectivity index (χ3v) is 6.71. The molecule has 0 aliphatic carbocycles. The largest absolute Gasteiger partial charge is 0.508 e. The van der Waals surface area contributed by atoms with Gasteiger partial charge in [0.05, 0.1) is 12.6 Å². The van der Waals surface area contributed by atoms with Crippen LogP contribution in [-0.2, 0) is 36.8 Å². The molecule has 12 nitrogen and oxygen atoms in total. The van der Waals surface area contributed by atoms with Crippen LogP contribution in [0.4, 0.5) is 0 Å². The number of rotatable bonds is 16. The quantitative estimate of drug-likeness (QED) is 0.140. The highest BCUT2D eigenvalue weighted by Crippen LogP contribution is 2.11. The molecular weight excluding hydrogens is 550 g/mol. The second-order valence-electron chi connectivity index (χ2n) is 9.42. The van der Waals surface area contributed by atoms with Gasteiger partial charge in [-0.1, -0.05) is 42.5 Å². The summed E-state index contributed by atoms with van der Waals surface area (Å²) in [7, 11) is 0. The molecule has 4 atom stereocenters. The minimum Gasteiger partial charge on any atom is -0.508 e. The number of nitrogens with two attached hydrogens (primary N) is 1. The standard InChI is InChI=1S/C28H37N5O7S/c1-17(31-26(37)21(29)14-19-8-10-20(34)11-9-19)25(36)30-16-24(35)32-23(15-18-6-4-3-5-7-18)27(38)33-22(28(39)40)12-13-41-2/h3-11,17,21-23,34H,12-16,29H2,1-2H3,(H,30,36)(H,31,37)(H,32,35)(H,33,38)(H,39,40)/t17-,21?,22-,23?/m1/s1. The van der Waals surface area contributed by atoms with Crippen molar-refractivity contribution < 1.29 is 34.2 Å². The topological polar surface area (TPSA) is 200 Å². The van der Waals surface area contributed by atoms with Gasteiger partial charge >= 0.3 is 5.97 Å². The zero-order valence-corrected chi connectivity index (χ0v) is 23.8. The molecule has 222 valence electrons. The Balaban J connectivity index is 1.93. The summed E-state index contributed by atoms with van der Waals surface area (Å²) in [6.45, 7) is 0.955. The zero-order valence-electron chi connectivity index (χ0n) is 23.0. The lowest BCUT2D eigenvalue weighted by molar-refractivity contribution is -0.142. The molecular formula is C28H37N5O7S. The minimum absolute atomic E-state index is 0.0868. The van der Waals surface area contributed by atoms with Crippen LogP contribution >= 0.6 is 11.8 Å². The van der Waals surface area contributed by atoms with E-state index in [0.29, 0.717) is 5.75 Å². The molecule has 4 amide bonds. The molecule has 2 rings (SSSR count). The maximum atomic E-state index is 13.0. The van der Waals surface area contributed by atoms with Gasteiger partial charge in [-0.05, 0) is 55.0 Å². The van der Waals surface area contributed by atoms with Gasteiger partial charge in [-0.3, -0.25) is 19.2 Å². The van der Waals surface area contributed by atoms with E-state index in [9.17, 15) is 34.2 Å². The van der Waals surface area contributed by atoms with E-state index in [4.69, 9.17) is 5.73 Å². The molecule has 0 bridgehead atoms. The van der Waals surface area contributed by atoms with Crippen molar-refractivity contribution in [2.75, 3.05) is 18.6 Å². The zero-order chi connectivity index (χ0) is 30.4. The molecule has 0 radical (unpaired) electrons. The van der Waals surface area contributed by atoms with Crippen molar-refractivity contribution in [3.63, 3.8) is 0 Å². The highest BCUT2D eigenvalue weighted by molar-refractivity contribution is 7.98. The van der Waals surface area contributed by atoms with Gasteiger partial charge in [0.2, 0.25) is 23.6 Å².